The fraction of sp³-hybridized carbons (Fsp3) is 0.375. The minimum absolute atomic E-state index is 0.0330. The van der Waals surface area contributed by atoms with Crippen molar-refractivity contribution in [3.8, 4) is 0 Å². The van der Waals surface area contributed by atoms with Gasteiger partial charge in [-0.3, -0.25) is 19.4 Å². The third-order valence-corrected chi connectivity index (χ3v) is 7.12. The summed E-state index contributed by atoms with van der Waals surface area (Å²) >= 11 is 12.6. The highest BCUT2D eigenvalue weighted by Crippen LogP contribution is 2.44. The second-order valence-electron chi connectivity index (χ2n) is 6.10. The number of nitrogens with one attached hydrogen (secondary N) is 1. The van der Waals surface area contributed by atoms with Crippen molar-refractivity contribution >= 4 is 38.8 Å². The molecule has 0 saturated carbocycles. The number of rotatable bonds is 3. The average Bonchev–Trinajstić information content (AvgIpc) is 2.82. The molecule has 1 N–H and O–H groups in total. The summed E-state index contributed by atoms with van der Waals surface area (Å²) in [6.45, 7) is 1.59. The van der Waals surface area contributed by atoms with Crippen LogP contribution in [0.4, 0.5) is 0 Å². The summed E-state index contributed by atoms with van der Waals surface area (Å²) in [5.74, 6) is -0.754. The first kappa shape index (κ1) is 19.2. The molecule has 0 fully saturated rings. The van der Waals surface area contributed by atoms with E-state index < -0.39 is 27.3 Å². The Bertz CT molecular complexity index is 1090. The van der Waals surface area contributed by atoms with Crippen LogP contribution in [0, 0.1) is 6.92 Å². The summed E-state index contributed by atoms with van der Waals surface area (Å²) in [7, 11) is -0.722. The van der Waals surface area contributed by atoms with Gasteiger partial charge in [0.25, 0.3) is 5.56 Å². The Morgan fingerprint density at radius 1 is 1.38 bits per heavy atom. The van der Waals surface area contributed by atoms with Gasteiger partial charge in [0.15, 0.2) is 9.84 Å². The fourth-order valence-electron chi connectivity index (χ4n) is 3.23. The molecule has 0 amide bonds. The van der Waals surface area contributed by atoms with Crippen molar-refractivity contribution in [3.63, 3.8) is 0 Å². The van der Waals surface area contributed by atoms with Crippen LogP contribution < -0.4 is 5.56 Å². The Morgan fingerprint density at radius 2 is 2.04 bits per heavy atom. The van der Waals surface area contributed by atoms with Gasteiger partial charge in [-0.05, 0) is 19.4 Å². The molecule has 7 nitrogen and oxygen atoms in total. The van der Waals surface area contributed by atoms with E-state index in [-0.39, 0.29) is 43.8 Å². The second-order valence-corrected chi connectivity index (χ2v) is 8.93. The van der Waals surface area contributed by atoms with Crippen LogP contribution >= 0.6 is 23.2 Å². The van der Waals surface area contributed by atoms with Crippen molar-refractivity contribution in [2.45, 2.75) is 24.3 Å². The van der Waals surface area contributed by atoms with E-state index in [4.69, 9.17) is 27.9 Å². The minimum atomic E-state index is -3.64. The summed E-state index contributed by atoms with van der Waals surface area (Å²) in [6.07, 6.45) is -0.411. The third kappa shape index (κ3) is 2.81. The number of nitrogens with zero attached hydrogens (tertiary/aromatic N) is 1. The molecule has 0 spiro atoms. The molecule has 0 aliphatic carbocycles. The van der Waals surface area contributed by atoms with E-state index in [2.05, 4.69) is 5.10 Å². The number of benzene rings is 1. The smallest absolute Gasteiger partial charge is 0.277 e. The summed E-state index contributed by atoms with van der Waals surface area (Å²) in [5.41, 5.74) is -0.0645. The number of hydrogen-bond acceptors (Lipinski definition) is 5. The predicted octanol–water partition coefficient (Wildman–Crippen LogP) is 2.42. The van der Waals surface area contributed by atoms with Crippen molar-refractivity contribution in [1.29, 1.82) is 0 Å². The predicted molar refractivity (Wildman–Crippen MR) is 97.1 cm³/mol. The number of sulfone groups is 1. The molecular formula is C16H16Cl2N2O5S. The number of fused-ring (bicyclic) bond motifs is 1. The first-order valence-electron chi connectivity index (χ1n) is 7.67. The molecule has 2 aromatic rings. The zero-order valence-corrected chi connectivity index (χ0v) is 16.5. The number of halogens is 2. The molecule has 10 heteroatoms. The number of ketones is 1. The molecule has 1 aromatic carbocycles. The molecule has 2 heterocycles. The monoisotopic (exact) mass is 418 g/mol. The van der Waals surface area contributed by atoms with Gasteiger partial charge in [0, 0.05) is 31.0 Å². The lowest BCUT2D eigenvalue weighted by atomic mass is 9.98. The standard InChI is InChI=1S/C16H16Cl2N2O5S/c1-7-11(16(22)20(2)19-7)14(21)8-6-9(17)15-12(13(8)18)10(25-3)4-5-26(15,23)24/h6,10,19H,4-5H2,1-3H3. The van der Waals surface area contributed by atoms with Crippen molar-refractivity contribution in [1.82, 2.24) is 9.78 Å². The Hall–Kier alpha value is -1.61. The van der Waals surface area contributed by atoms with Crippen molar-refractivity contribution in [2.75, 3.05) is 12.9 Å². The van der Waals surface area contributed by atoms with E-state index in [1.54, 1.807) is 6.92 Å². The highest BCUT2D eigenvalue weighted by Gasteiger charge is 2.37. The normalized spacial score (nSPS) is 18.6. The molecule has 1 atom stereocenters. The molecule has 1 aliphatic rings. The molecule has 3 rings (SSSR count). The van der Waals surface area contributed by atoms with Crippen LogP contribution in [0.15, 0.2) is 15.8 Å². The van der Waals surface area contributed by atoms with E-state index in [1.807, 2.05) is 0 Å². The van der Waals surface area contributed by atoms with E-state index in [9.17, 15) is 18.0 Å². The van der Waals surface area contributed by atoms with Crippen LogP contribution in [0.3, 0.4) is 0 Å². The van der Waals surface area contributed by atoms with E-state index in [0.29, 0.717) is 5.69 Å². The highest BCUT2D eigenvalue weighted by molar-refractivity contribution is 7.91. The Labute approximate surface area is 159 Å². The van der Waals surface area contributed by atoms with Gasteiger partial charge in [0.05, 0.1) is 26.8 Å². The number of carbonyl (C=O) groups excluding carboxylic acids is 1. The first-order chi connectivity index (χ1) is 12.1. The lowest BCUT2D eigenvalue weighted by Gasteiger charge is -2.27. The topological polar surface area (TPSA) is 98.2 Å². The largest absolute Gasteiger partial charge is 0.377 e. The SMILES string of the molecule is COC1CCS(=O)(=O)c2c(Cl)cc(C(=O)c3c(C)[nH]n(C)c3=O)c(Cl)c21. The van der Waals surface area contributed by atoms with Gasteiger partial charge >= 0.3 is 0 Å². The number of hydrogen-bond donors (Lipinski definition) is 1. The van der Waals surface area contributed by atoms with Crippen LogP contribution in [0.2, 0.25) is 10.0 Å². The Balaban J connectivity index is 2.30. The van der Waals surface area contributed by atoms with Crippen LogP contribution in [0.25, 0.3) is 0 Å². The number of carbonyl (C=O) groups is 1. The van der Waals surface area contributed by atoms with E-state index >= 15 is 0 Å². The Kier molecular flexibility index (Phi) is 4.81. The van der Waals surface area contributed by atoms with Crippen LogP contribution in [0.1, 0.15) is 39.7 Å². The number of ether oxygens (including phenoxy) is 1. The maximum absolute atomic E-state index is 12.9. The van der Waals surface area contributed by atoms with Crippen molar-refractivity contribution < 1.29 is 17.9 Å². The van der Waals surface area contributed by atoms with Gasteiger partial charge in [0.2, 0.25) is 5.78 Å². The molecule has 140 valence electrons. The number of methoxy groups -OCH3 is 1. The maximum atomic E-state index is 12.9. The lowest BCUT2D eigenvalue weighted by Crippen LogP contribution is -2.24. The lowest BCUT2D eigenvalue weighted by molar-refractivity contribution is 0.0959. The highest BCUT2D eigenvalue weighted by atomic mass is 35.5. The third-order valence-electron chi connectivity index (χ3n) is 4.47. The molecule has 1 unspecified atom stereocenters. The van der Waals surface area contributed by atoms with Gasteiger partial charge in [-0.25, -0.2) is 8.42 Å². The number of aromatic amines is 1. The number of aromatic nitrogens is 2. The Morgan fingerprint density at radius 3 is 2.58 bits per heavy atom. The van der Waals surface area contributed by atoms with E-state index in [0.717, 1.165) is 0 Å². The molecule has 1 aliphatic heterocycles. The first-order valence-corrected chi connectivity index (χ1v) is 10.1. The average molecular weight is 419 g/mol. The van der Waals surface area contributed by atoms with Crippen LogP contribution in [-0.2, 0) is 21.6 Å². The van der Waals surface area contributed by atoms with Crippen molar-refractivity contribution in [2.24, 2.45) is 7.05 Å². The van der Waals surface area contributed by atoms with Gasteiger partial charge in [-0.2, -0.15) is 0 Å². The van der Waals surface area contributed by atoms with Crippen LogP contribution in [-0.4, -0.2) is 36.8 Å². The molecular weight excluding hydrogens is 403 g/mol. The quantitative estimate of drug-likeness (QED) is 0.771. The molecule has 0 radical (unpaired) electrons. The summed E-state index contributed by atoms with van der Waals surface area (Å²) in [6, 6.07) is 1.20. The number of aryl methyl sites for hydroxylation is 2. The van der Waals surface area contributed by atoms with Gasteiger partial charge in [0.1, 0.15) is 5.56 Å². The summed E-state index contributed by atoms with van der Waals surface area (Å²) < 4.78 is 31.4. The molecule has 0 bridgehead atoms. The molecule has 26 heavy (non-hydrogen) atoms. The van der Waals surface area contributed by atoms with Crippen LogP contribution in [0.5, 0.6) is 0 Å². The van der Waals surface area contributed by atoms with E-state index in [1.165, 1.54) is 24.9 Å². The van der Waals surface area contributed by atoms with Gasteiger partial charge in [-0.1, -0.05) is 23.2 Å². The number of H-pyrrole nitrogens is 1. The fourth-order valence-corrected chi connectivity index (χ4v) is 5.86. The zero-order chi connectivity index (χ0) is 19.4. The van der Waals surface area contributed by atoms with Crippen molar-refractivity contribution in [3.05, 3.63) is 48.8 Å². The molecule has 0 saturated heterocycles. The van der Waals surface area contributed by atoms with Gasteiger partial charge in [-0.15, -0.1) is 0 Å². The minimum Gasteiger partial charge on any atom is -0.377 e. The molecule has 1 aromatic heterocycles. The summed E-state index contributed by atoms with van der Waals surface area (Å²) in [4.78, 5) is 25.1. The zero-order valence-electron chi connectivity index (χ0n) is 14.2. The summed E-state index contributed by atoms with van der Waals surface area (Å²) in [5, 5.41) is 2.57. The maximum Gasteiger partial charge on any atom is 0.277 e. The second kappa shape index (κ2) is 6.53. The van der Waals surface area contributed by atoms with Gasteiger partial charge < -0.3 is 4.74 Å².